The minimum atomic E-state index is -0.278. The maximum absolute atomic E-state index is 11.9. The second-order valence-electron chi connectivity index (χ2n) is 4.95. The normalized spacial score (nSPS) is 16.6. The van der Waals surface area contributed by atoms with Crippen LogP contribution in [0, 0.1) is 12.8 Å². The van der Waals surface area contributed by atoms with Gasteiger partial charge in [-0.15, -0.1) is 0 Å². The molecule has 1 heterocycles. The molecule has 17 heavy (non-hydrogen) atoms. The molecule has 0 radical (unpaired) electrons. The third kappa shape index (κ3) is 3.19. The van der Waals surface area contributed by atoms with Crippen molar-refractivity contribution >= 4 is 5.91 Å². The highest BCUT2D eigenvalue weighted by atomic mass is 16.2. The number of carbonyl (C=O) groups excluding carboxylic acids is 1. The van der Waals surface area contributed by atoms with E-state index in [4.69, 9.17) is 0 Å². The summed E-state index contributed by atoms with van der Waals surface area (Å²) >= 11 is 0. The van der Waals surface area contributed by atoms with E-state index in [1.165, 1.54) is 25.1 Å². The van der Waals surface area contributed by atoms with Crippen LogP contribution in [0.15, 0.2) is 17.1 Å². The average molecular weight is 234 g/mol. The second-order valence-corrected chi connectivity index (χ2v) is 4.95. The lowest BCUT2D eigenvalue weighted by Crippen LogP contribution is -2.35. The van der Waals surface area contributed by atoms with Gasteiger partial charge in [-0.2, -0.15) is 0 Å². The molecule has 1 aliphatic rings. The number of rotatable bonds is 4. The first-order valence-corrected chi connectivity index (χ1v) is 6.06. The lowest BCUT2D eigenvalue weighted by atomic mass is 10.1. The molecule has 1 amide bonds. The highest BCUT2D eigenvalue weighted by Gasteiger charge is 2.24. The van der Waals surface area contributed by atoms with Crippen LogP contribution in [-0.4, -0.2) is 16.9 Å². The molecule has 0 aliphatic heterocycles. The van der Waals surface area contributed by atoms with Gasteiger partial charge < -0.3 is 10.3 Å². The predicted molar refractivity (Wildman–Crippen MR) is 66.1 cm³/mol. The maximum Gasteiger partial charge on any atom is 0.256 e. The summed E-state index contributed by atoms with van der Waals surface area (Å²) in [4.78, 5) is 26.4. The van der Waals surface area contributed by atoms with Gasteiger partial charge in [-0.05, 0) is 26.2 Å². The molecule has 0 aromatic carbocycles. The molecular formula is C13H18N2O2. The number of aromatic amines is 1. The molecule has 1 unspecified atom stereocenters. The van der Waals surface area contributed by atoms with E-state index < -0.39 is 0 Å². The van der Waals surface area contributed by atoms with E-state index in [1.54, 1.807) is 6.92 Å². The first kappa shape index (κ1) is 11.9. The van der Waals surface area contributed by atoms with E-state index in [2.05, 4.69) is 10.3 Å². The molecule has 0 spiro atoms. The fourth-order valence-electron chi connectivity index (χ4n) is 1.96. The number of H-pyrrole nitrogens is 1. The summed E-state index contributed by atoms with van der Waals surface area (Å²) in [5.74, 6) is 0.487. The van der Waals surface area contributed by atoms with Crippen LogP contribution in [-0.2, 0) is 0 Å². The Bertz CT molecular complexity index is 475. The van der Waals surface area contributed by atoms with E-state index in [-0.39, 0.29) is 22.9 Å². The van der Waals surface area contributed by atoms with E-state index in [1.807, 2.05) is 6.92 Å². The lowest BCUT2D eigenvalue weighted by molar-refractivity contribution is 0.0936. The Hall–Kier alpha value is -1.58. The molecule has 4 nitrogen and oxygen atoms in total. The van der Waals surface area contributed by atoms with E-state index in [0.717, 1.165) is 18.0 Å². The van der Waals surface area contributed by atoms with Crippen LogP contribution < -0.4 is 10.7 Å². The van der Waals surface area contributed by atoms with E-state index in [0.29, 0.717) is 0 Å². The zero-order chi connectivity index (χ0) is 12.4. The number of hydrogen-bond acceptors (Lipinski definition) is 2. The number of carbonyl (C=O) groups is 1. The zero-order valence-electron chi connectivity index (χ0n) is 10.2. The fourth-order valence-corrected chi connectivity index (χ4v) is 1.96. The van der Waals surface area contributed by atoms with Crippen molar-refractivity contribution in [2.24, 2.45) is 5.92 Å². The molecule has 1 saturated carbocycles. The lowest BCUT2D eigenvalue weighted by Gasteiger charge is -2.12. The predicted octanol–water partition coefficient (Wildman–Crippen LogP) is 1.60. The van der Waals surface area contributed by atoms with Crippen LogP contribution >= 0.6 is 0 Å². The fraction of sp³-hybridized carbons (Fsp3) is 0.538. The number of aromatic nitrogens is 1. The Balaban J connectivity index is 2.00. The minimum Gasteiger partial charge on any atom is -0.364 e. The van der Waals surface area contributed by atoms with Crippen molar-refractivity contribution in [1.82, 2.24) is 10.3 Å². The summed E-state index contributed by atoms with van der Waals surface area (Å²) in [7, 11) is 0. The van der Waals surface area contributed by atoms with Gasteiger partial charge in [0, 0.05) is 24.0 Å². The van der Waals surface area contributed by atoms with Gasteiger partial charge in [0.1, 0.15) is 5.56 Å². The van der Waals surface area contributed by atoms with Crippen LogP contribution in [0.1, 0.15) is 42.2 Å². The molecule has 0 saturated heterocycles. The first-order chi connectivity index (χ1) is 8.06. The molecule has 4 heteroatoms. The van der Waals surface area contributed by atoms with Crippen molar-refractivity contribution in [2.75, 3.05) is 0 Å². The number of pyridine rings is 1. The van der Waals surface area contributed by atoms with Gasteiger partial charge in [0.05, 0.1) is 0 Å². The molecule has 1 fully saturated rings. The molecule has 2 rings (SSSR count). The highest BCUT2D eigenvalue weighted by molar-refractivity contribution is 5.93. The topological polar surface area (TPSA) is 62.0 Å². The molecule has 2 N–H and O–H groups in total. The second kappa shape index (κ2) is 4.73. The van der Waals surface area contributed by atoms with E-state index in [9.17, 15) is 9.59 Å². The number of hydrogen-bond donors (Lipinski definition) is 2. The smallest absolute Gasteiger partial charge is 0.256 e. The largest absolute Gasteiger partial charge is 0.364 e. The van der Waals surface area contributed by atoms with Gasteiger partial charge >= 0.3 is 0 Å². The average Bonchev–Trinajstić information content (AvgIpc) is 3.00. The summed E-state index contributed by atoms with van der Waals surface area (Å²) in [5.41, 5.74) is 0.730. The van der Waals surface area contributed by atoms with Gasteiger partial charge in [-0.1, -0.05) is 12.8 Å². The van der Waals surface area contributed by atoms with Crippen molar-refractivity contribution in [1.29, 1.82) is 0 Å². The van der Waals surface area contributed by atoms with Gasteiger partial charge in [0.2, 0.25) is 0 Å². The summed E-state index contributed by atoms with van der Waals surface area (Å²) in [6.45, 7) is 3.78. The number of aryl methyl sites for hydroxylation is 1. The van der Waals surface area contributed by atoms with Gasteiger partial charge in [0.25, 0.3) is 5.91 Å². The minimum absolute atomic E-state index is 0.135. The summed E-state index contributed by atoms with van der Waals surface area (Å²) in [6.07, 6.45) is 5.03. The number of amides is 1. The van der Waals surface area contributed by atoms with Crippen LogP contribution in [0.3, 0.4) is 0 Å². The highest BCUT2D eigenvalue weighted by Crippen LogP contribution is 2.33. The molecular weight excluding hydrogens is 216 g/mol. The molecule has 1 aromatic heterocycles. The summed E-state index contributed by atoms with van der Waals surface area (Å²) in [6, 6.07) is 1.58. The standard InChI is InChI=1S/C13H18N2O2/c1-8-6-12(16)11(7-14-8)13(17)15-9(2)5-10-3-4-10/h6-7,9-10H,3-5H2,1-2H3,(H,14,16)(H,15,17). The molecule has 1 aliphatic carbocycles. The van der Waals surface area contributed by atoms with Crippen LogP contribution in [0.2, 0.25) is 0 Å². The Labute approximate surface area is 100 Å². The SMILES string of the molecule is Cc1cc(=O)c(C(=O)NC(C)CC2CC2)c[nH]1. The van der Waals surface area contributed by atoms with Gasteiger partial charge in [0.15, 0.2) is 5.43 Å². The Morgan fingerprint density at radius 3 is 2.88 bits per heavy atom. The Morgan fingerprint density at radius 2 is 2.29 bits per heavy atom. The maximum atomic E-state index is 11.9. The molecule has 1 atom stereocenters. The van der Waals surface area contributed by atoms with Crippen LogP contribution in [0.5, 0.6) is 0 Å². The zero-order valence-corrected chi connectivity index (χ0v) is 10.2. The molecule has 0 bridgehead atoms. The third-order valence-electron chi connectivity index (χ3n) is 3.06. The first-order valence-electron chi connectivity index (χ1n) is 6.06. The van der Waals surface area contributed by atoms with Crippen molar-refractivity contribution in [2.45, 2.75) is 39.2 Å². The van der Waals surface area contributed by atoms with Crippen molar-refractivity contribution in [3.8, 4) is 0 Å². The monoisotopic (exact) mass is 234 g/mol. The quantitative estimate of drug-likeness (QED) is 0.831. The van der Waals surface area contributed by atoms with Crippen LogP contribution in [0.4, 0.5) is 0 Å². The van der Waals surface area contributed by atoms with Crippen LogP contribution in [0.25, 0.3) is 0 Å². The van der Waals surface area contributed by atoms with Gasteiger partial charge in [-0.3, -0.25) is 9.59 Å². The van der Waals surface area contributed by atoms with E-state index >= 15 is 0 Å². The Morgan fingerprint density at radius 1 is 1.59 bits per heavy atom. The summed E-state index contributed by atoms with van der Waals surface area (Å²) < 4.78 is 0. The van der Waals surface area contributed by atoms with Gasteiger partial charge in [-0.25, -0.2) is 0 Å². The van der Waals surface area contributed by atoms with Crippen molar-refractivity contribution < 1.29 is 4.79 Å². The van der Waals surface area contributed by atoms with Crippen molar-refractivity contribution in [3.05, 3.63) is 33.7 Å². The number of nitrogens with one attached hydrogen (secondary N) is 2. The molecule has 92 valence electrons. The van der Waals surface area contributed by atoms with Crippen molar-refractivity contribution in [3.63, 3.8) is 0 Å². The third-order valence-corrected chi connectivity index (χ3v) is 3.06. The summed E-state index contributed by atoms with van der Waals surface area (Å²) in [5, 5.41) is 2.87. The molecule has 1 aromatic rings. The Kier molecular flexibility index (Phi) is 3.31.